The predicted octanol–water partition coefficient (Wildman–Crippen LogP) is 1.76. The van der Waals surface area contributed by atoms with Crippen molar-refractivity contribution in [3.63, 3.8) is 0 Å². The van der Waals surface area contributed by atoms with E-state index in [1.165, 1.54) is 17.5 Å². The van der Waals surface area contributed by atoms with E-state index in [1.54, 1.807) is 0 Å². The van der Waals surface area contributed by atoms with Gasteiger partial charge in [-0.05, 0) is 6.42 Å². The molecule has 1 aromatic heterocycles. The largest absolute Gasteiger partial charge is 0.384 e. The molecule has 6 heteroatoms. The van der Waals surface area contributed by atoms with Crippen LogP contribution < -0.4 is 0 Å². The third-order valence-corrected chi connectivity index (χ3v) is 3.69. The van der Waals surface area contributed by atoms with Crippen LogP contribution in [0.25, 0.3) is 0 Å². The van der Waals surface area contributed by atoms with Crippen LogP contribution >= 0.6 is 22.9 Å². The number of halogens is 1. The predicted molar refractivity (Wildman–Crippen MR) is 55.6 cm³/mol. The highest BCUT2D eigenvalue weighted by atomic mass is 35.5. The molecule has 1 saturated heterocycles. The van der Waals surface area contributed by atoms with E-state index in [2.05, 4.69) is 11.1 Å². The van der Waals surface area contributed by atoms with E-state index in [0.29, 0.717) is 22.4 Å². The van der Waals surface area contributed by atoms with Gasteiger partial charge in [0.2, 0.25) is 0 Å². The van der Waals surface area contributed by atoms with Gasteiger partial charge in [0.25, 0.3) is 0 Å². The number of thiazole rings is 1. The first kappa shape index (κ1) is 10.8. The highest BCUT2D eigenvalue weighted by molar-refractivity contribution is 7.15. The van der Waals surface area contributed by atoms with Crippen molar-refractivity contribution >= 4 is 22.9 Å². The summed E-state index contributed by atoms with van der Waals surface area (Å²) >= 11 is 6.92. The Morgan fingerprint density at radius 1 is 1.80 bits per heavy atom. The molecule has 4 nitrogen and oxygen atoms in total. The van der Waals surface area contributed by atoms with Gasteiger partial charge in [-0.3, -0.25) is 0 Å². The van der Waals surface area contributed by atoms with Crippen molar-refractivity contribution < 1.29 is 9.84 Å². The molecule has 0 radical (unpaired) electrons. The van der Waals surface area contributed by atoms with Crippen molar-refractivity contribution in [2.24, 2.45) is 5.41 Å². The molecular formula is C9H9ClN2O2S. The maximum atomic E-state index is 10.1. The normalized spacial score (nSPS) is 27.5. The van der Waals surface area contributed by atoms with Crippen molar-refractivity contribution in [3.8, 4) is 6.07 Å². The van der Waals surface area contributed by atoms with Gasteiger partial charge in [-0.1, -0.05) is 11.6 Å². The summed E-state index contributed by atoms with van der Waals surface area (Å²) in [6, 6.07) is 2.13. The zero-order chi connectivity index (χ0) is 10.9. The second-order valence-corrected chi connectivity index (χ2v) is 5.17. The van der Waals surface area contributed by atoms with Gasteiger partial charge in [0, 0.05) is 6.61 Å². The van der Waals surface area contributed by atoms with E-state index in [9.17, 15) is 5.11 Å². The Balaban J connectivity index is 2.26. The molecule has 1 aliphatic rings. The van der Waals surface area contributed by atoms with E-state index in [4.69, 9.17) is 21.6 Å². The average Bonchev–Trinajstić information content (AvgIpc) is 2.86. The fourth-order valence-electron chi connectivity index (χ4n) is 1.58. The molecule has 0 aromatic carbocycles. The standard InChI is InChI=1S/C9H9ClN2O2S/c10-6-3-12-8(15-6)7(13)9(4-11)1-2-14-5-9/h3,7,13H,1-2,5H2. The number of hydrogen-bond donors (Lipinski definition) is 1. The van der Waals surface area contributed by atoms with Gasteiger partial charge in [0.1, 0.15) is 20.9 Å². The molecule has 2 heterocycles. The number of rotatable bonds is 2. The van der Waals surface area contributed by atoms with E-state index in [1.807, 2.05) is 0 Å². The topological polar surface area (TPSA) is 66.1 Å². The minimum atomic E-state index is -0.914. The quantitative estimate of drug-likeness (QED) is 0.861. The third-order valence-electron chi connectivity index (χ3n) is 2.53. The molecule has 2 atom stereocenters. The Bertz CT molecular complexity index is 395. The molecule has 0 spiro atoms. The van der Waals surface area contributed by atoms with Crippen LogP contribution in [0.5, 0.6) is 0 Å². The van der Waals surface area contributed by atoms with Crippen LogP contribution in [0.2, 0.25) is 4.34 Å². The molecule has 1 N–H and O–H groups in total. The summed E-state index contributed by atoms with van der Waals surface area (Å²) in [4.78, 5) is 3.98. The second kappa shape index (κ2) is 4.06. The second-order valence-electron chi connectivity index (χ2n) is 3.48. The van der Waals surface area contributed by atoms with Crippen molar-refractivity contribution in [3.05, 3.63) is 15.5 Å². The molecule has 2 rings (SSSR count). The van der Waals surface area contributed by atoms with Crippen LogP contribution in [0.3, 0.4) is 0 Å². The van der Waals surface area contributed by atoms with Crippen molar-refractivity contribution in [1.82, 2.24) is 4.98 Å². The third kappa shape index (κ3) is 1.86. The maximum absolute atomic E-state index is 10.1. The minimum absolute atomic E-state index is 0.252. The van der Waals surface area contributed by atoms with Gasteiger partial charge in [-0.2, -0.15) is 5.26 Å². The highest BCUT2D eigenvalue weighted by Gasteiger charge is 2.44. The number of hydrogen-bond acceptors (Lipinski definition) is 5. The van der Waals surface area contributed by atoms with Gasteiger partial charge in [-0.25, -0.2) is 4.98 Å². The number of aromatic nitrogens is 1. The van der Waals surface area contributed by atoms with Crippen LogP contribution in [0.1, 0.15) is 17.5 Å². The lowest BCUT2D eigenvalue weighted by atomic mass is 9.83. The summed E-state index contributed by atoms with van der Waals surface area (Å²) in [5.74, 6) is 0. The van der Waals surface area contributed by atoms with Crippen LogP contribution in [-0.4, -0.2) is 23.3 Å². The molecule has 1 fully saturated rings. The first-order valence-corrected chi connectivity index (χ1v) is 5.66. The van der Waals surface area contributed by atoms with Crippen molar-refractivity contribution in [1.29, 1.82) is 5.26 Å². The Morgan fingerprint density at radius 2 is 2.60 bits per heavy atom. The molecule has 0 amide bonds. The average molecular weight is 245 g/mol. The Hall–Kier alpha value is -0.670. The van der Waals surface area contributed by atoms with E-state index < -0.39 is 11.5 Å². The van der Waals surface area contributed by atoms with Crippen LogP contribution in [-0.2, 0) is 4.74 Å². The zero-order valence-electron chi connectivity index (χ0n) is 7.81. The summed E-state index contributed by atoms with van der Waals surface area (Å²) in [5.41, 5.74) is -0.860. The molecule has 15 heavy (non-hydrogen) atoms. The highest BCUT2D eigenvalue weighted by Crippen LogP contribution is 2.42. The summed E-state index contributed by atoms with van der Waals surface area (Å²) in [7, 11) is 0. The fourth-order valence-corrected chi connectivity index (χ4v) is 2.61. The van der Waals surface area contributed by atoms with Gasteiger partial charge < -0.3 is 9.84 Å². The Morgan fingerprint density at radius 3 is 3.07 bits per heavy atom. The lowest BCUT2D eigenvalue weighted by Crippen LogP contribution is -2.27. The Kier molecular flexibility index (Phi) is 2.94. The molecule has 0 aliphatic carbocycles. The van der Waals surface area contributed by atoms with Gasteiger partial charge in [0.05, 0.1) is 18.9 Å². The zero-order valence-corrected chi connectivity index (χ0v) is 9.38. The number of nitrogens with zero attached hydrogens (tertiary/aromatic N) is 2. The fraction of sp³-hybridized carbons (Fsp3) is 0.556. The number of aliphatic hydroxyl groups is 1. The lowest BCUT2D eigenvalue weighted by molar-refractivity contribution is 0.0502. The van der Waals surface area contributed by atoms with Crippen molar-refractivity contribution in [2.45, 2.75) is 12.5 Å². The lowest BCUT2D eigenvalue weighted by Gasteiger charge is -2.23. The molecular weight excluding hydrogens is 236 g/mol. The number of ether oxygens (including phenoxy) is 1. The minimum Gasteiger partial charge on any atom is -0.384 e. The maximum Gasteiger partial charge on any atom is 0.126 e. The molecule has 0 saturated carbocycles. The molecule has 0 bridgehead atoms. The number of aliphatic hydroxyl groups excluding tert-OH is 1. The van der Waals surface area contributed by atoms with Crippen LogP contribution in [0.4, 0.5) is 0 Å². The van der Waals surface area contributed by atoms with Crippen LogP contribution in [0, 0.1) is 16.7 Å². The smallest absolute Gasteiger partial charge is 0.126 e. The summed E-state index contributed by atoms with van der Waals surface area (Å²) in [5, 5.41) is 19.7. The summed E-state index contributed by atoms with van der Waals surface area (Å²) in [6.45, 7) is 0.756. The summed E-state index contributed by atoms with van der Waals surface area (Å²) < 4.78 is 5.67. The van der Waals surface area contributed by atoms with Gasteiger partial charge in [-0.15, -0.1) is 11.3 Å². The van der Waals surface area contributed by atoms with E-state index in [-0.39, 0.29) is 6.61 Å². The van der Waals surface area contributed by atoms with Gasteiger partial charge >= 0.3 is 0 Å². The Labute approximate surface area is 96.1 Å². The SMILES string of the molecule is N#CC1(C(O)c2ncc(Cl)s2)CCOC1. The monoisotopic (exact) mass is 244 g/mol. The van der Waals surface area contributed by atoms with Crippen molar-refractivity contribution in [2.75, 3.05) is 13.2 Å². The first-order valence-electron chi connectivity index (χ1n) is 4.46. The van der Waals surface area contributed by atoms with E-state index >= 15 is 0 Å². The van der Waals surface area contributed by atoms with E-state index in [0.717, 1.165) is 0 Å². The molecule has 1 aliphatic heterocycles. The van der Waals surface area contributed by atoms with Gasteiger partial charge in [0.15, 0.2) is 0 Å². The summed E-state index contributed by atoms with van der Waals surface area (Å²) in [6.07, 6.45) is 1.09. The number of nitriles is 1. The molecule has 80 valence electrons. The molecule has 1 aromatic rings. The molecule has 2 unspecified atom stereocenters. The van der Waals surface area contributed by atoms with Crippen LogP contribution in [0.15, 0.2) is 6.20 Å². The first-order chi connectivity index (χ1) is 7.18.